The van der Waals surface area contributed by atoms with Crippen molar-refractivity contribution in [3.63, 3.8) is 0 Å². The number of para-hydroxylation sites is 1. The summed E-state index contributed by atoms with van der Waals surface area (Å²) in [6.07, 6.45) is 0. The van der Waals surface area contributed by atoms with Crippen LogP contribution in [0.3, 0.4) is 0 Å². The Kier molecular flexibility index (Phi) is 3.13. The third-order valence-corrected chi connectivity index (χ3v) is 1.63. The van der Waals surface area contributed by atoms with E-state index in [1.54, 1.807) is 12.1 Å². The molecule has 3 nitrogen and oxygen atoms in total. The Morgan fingerprint density at radius 2 is 1.93 bits per heavy atom. The van der Waals surface area contributed by atoms with E-state index in [4.69, 9.17) is 0 Å². The van der Waals surface area contributed by atoms with Crippen molar-refractivity contribution in [2.75, 3.05) is 0 Å². The first kappa shape index (κ1) is 11.3. The molecular weight excluding hydrogens is 192 g/mol. The molecule has 0 heterocycles. The van der Waals surface area contributed by atoms with Gasteiger partial charge in [0.25, 0.3) is 0 Å². The zero-order valence-electron chi connectivity index (χ0n) is 8.61. The van der Waals surface area contributed by atoms with Gasteiger partial charge in [0.15, 0.2) is 0 Å². The second-order valence-electron chi connectivity index (χ2n) is 3.66. The number of aliphatic hydroxyl groups is 1. The van der Waals surface area contributed by atoms with Crippen LogP contribution in [0.25, 0.3) is 0 Å². The fourth-order valence-corrected chi connectivity index (χ4v) is 0.943. The average molecular weight is 204 g/mol. The Balaban J connectivity index is 2.96. The Morgan fingerprint density at radius 1 is 1.33 bits per heavy atom. The van der Waals surface area contributed by atoms with Crippen LogP contribution < -0.4 is 0 Å². The predicted octanol–water partition coefficient (Wildman–Crippen LogP) is 1.35. The molecule has 0 fully saturated rings. The third kappa shape index (κ3) is 3.45. The molecule has 0 unspecified atom stereocenters. The number of aromatic hydroxyl groups is 1. The Labute approximate surface area is 88.4 Å². The van der Waals surface area contributed by atoms with Gasteiger partial charge in [0.1, 0.15) is 11.4 Å². The standard InChI is InChI=1S/C12H12O3/c1-12(2,15)8-7-11(14)9-5-3-4-6-10(9)13/h3-6,13,15H,1-2H3. The molecule has 0 spiro atoms. The largest absolute Gasteiger partial charge is 0.507 e. The summed E-state index contributed by atoms with van der Waals surface area (Å²) < 4.78 is 0. The van der Waals surface area contributed by atoms with Crippen molar-refractivity contribution in [3.8, 4) is 17.6 Å². The molecule has 0 atom stereocenters. The first-order valence-corrected chi connectivity index (χ1v) is 4.48. The van der Waals surface area contributed by atoms with Gasteiger partial charge in [0.2, 0.25) is 5.78 Å². The van der Waals surface area contributed by atoms with E-state index in [9.17, 15) is 15.0 Å². The molecule has 0 saturated heterocycles. The minimum atomic E-state index is -1.21. The predicted molar refractivity (Wildman–Crippen MR) is 56.5 cm³/mol. The van der Waals surface area contributed by atoms with Crippen molar-refractivity contribution in [1.82, 2.24) is 0 Å². The first-order chi connectivity index (χ1) is 6.90. The summed E-state index contributed by atoms with van der Waals surface area (Å²) in [4.78, 5) is 11.5. The van der Waals surface area contributed by atoms with Crippen molar-refractivity contribution in [2.45, 2.75) is 19.4 Å². The summed E-state index contributed by atoms with van der Waals surface area (Å²) in [6.45, 7) is 2.97. The van der Waals surface area contributed by atoms with Crippen molar-refractivity contribution in [1.29, 1.82) is 0 Å². The van der Waals surface area contributed by atoms with Gasteiger partial charge in [-0.05, 0) is 31.9 Å². The summed E-state index contributed by atoms with van der Waals surface area (Å²) in [5.41, 5.74) is -1.06. The smallest absolute Gasteiger partial charge is 0.239 e. The molecule has 0 aliphatic rings. The van der Waals surface area contributed by atoms with Crippen molar-refractivity contribution < 1.29 is 15.0 Å². The molecule has 0 bridgehead atoms. The Morgan fingerprint density at radius 3 is 2.47 bits per heavy atom. The number of phenolic OH excluding ortho intramolecular Hbond substituents is 1. The van der Waals surface area contributed by atoms with E-state index in [1.807, 2.05) is 0 Å². The van der Waals surface area contributed by atoms with Crippen LogP contribution in [0.1, 0.15) is 24.2 Å². The molecule has 0 radical (unpaired) electrons. The van der Waals surface area contributed by atoms with Crippen LogP contribution in [0.2, 0.25) is 0 Å². The normalized spacial score (nSPS) is 10.3. The molecule has 0 aliphatic heterocycles. The molecule has 78 valence electrons. The molecule has 0 aromatic heterocycles. The Hall–Kier alpha value is -1.79. The van der Waals surface area contributed by atoms with Gasteiger partial charge in [0, 0.05) is 0 Å². The van der Waals surface area contributed by atoms with Gasteiger partial charge < -0.3 is 10.2 Å². The average Bonchev–Trinajstić information content (AvgIpc) is 2.14. The lowest BCUT2D eigenvalue weighted by Crippen LogP contribution is -2.15. The van der Waals surface area contributed by atoms with E-state index in [2.05, 4.69) is 11.8 Å². The molecule has 1 rings (SSSR count). The highest BCUT2D eigenvalue weighted by Crippen LogP contribution is 2.15. The number of ketones is 1. The summed E-state index contributed by atoms with van der Waals surface area (Å²) in [5.74, 6) is 4.06. The number of hydrogen-bond acceptors (Lipinski definition) is 3. The molecule has 0 amide bonds. The van der Waals surface area contributed by atoms with Gasteiger partial charge in [-0.25, -0.2) is 0 Å². The lowest BCUT2D eigenvalue weighted by atomic mass is 10.1. The summed E-state index contributed by atoms with van der Waals surface area (Å²) in [5, 5.41) is 18.7. The highest BCUT2D eigenvalue weighted by molar-refractivity contribution is 6.10. The van der Waals surface area contributed by atoms with Crippen LogP contribution >= 0.6 is 0 Å². The van der Waals surface area contributed by atoms with E-state index in [1.165, 1.54) is 26.0 Å². The fourth-order valence-electron chi connectivity index (χ4n) is 0.943. The second kappa shape index (κ2) is 4.16. The number of carbonyl (C=O) groups is 1. The van der Waals surface area contributed by atoms with Crippen LogP contribution in [0.4, 0.5) is 0 Å². The van der Waals surface area contributed by atoms with Crippen LogP contribution in [-0.4, -0.2) is 21.6 Å². The number of Topliss-reactive ketones (excluding diaryl/α,β-unsaturated/α-hetero) is 1. The minimum Gasteiger partial charge on any atom is -0.507 e. The van der Waals surface area contributed by atoms with E-state index < -0.39 is 11.4 Å². The SMILES string of the molecule is CC(C)(O)C#CC(=O)c1ccccc1O. The Bertz CT molecular complexity index is 430. The van der Waals surface area contributed by atoms with Crippen molar-refractivity contribution in [3.05, 3.63) is 29.8 Å². The molecular formula is C12H12O3. The molecule has 1 aromatic rings. The van der Waals surface area contributed by atoms with E-state index in [0.717, 1.165) is 0 Å². The van der Waals surface area contributed by atoms with Crippen molar-refractivity contribution >= 4 is 5.78 Å². The van der Waals surface area contributed by atoms with Crippen LogP contribution in [-0.2, 0) is 0 Å². The maximum absolute atomic E-state index is 11.5. The van der Waals surface area contributed by atoms with Gasteiger partial charge in [-0.1, -0.05) is 18.1 Å². The lowest BCUT2D eigenvalue weighted by molar-refractivity contribution is 0.104. The third-order valence-electron chi connectivity index (χ3n) is 1.63. The molecule has 2 N–H and O–H groups in total. The topological polar surface area (TPSA) is 57.5 Å². The zero-order valence-corrected chi connectivity index (χ0v) is 8.61. The van der Waals surface area contributed by atoms with Crippen LogP contribution in [0.15, 0.2) is 24.3 Å². The van der Waals surface area contributed by atoms with E-state index >= 15 is 0 Å². The highest BCUT2D eigenvalue weighted by atomic mass is 16.3. The molecule has 1 aromatic carbocycles. The lowest BCUT2D eigenvalue weighted by Gasteiger charge is -2.05. The quantitative estimate of drug-likeness (QED) is 0.412. The maximum Gasteiger partial charge on any atom is 0.239 e. The monoisotopic (exact) mass is 204 g/mol. The fraction of sp³-hybridized carbons (Fsp3) is 0.250. The zero-order chi connectivity index (χ0) is 11.5. The van der Waals surface area contributed by atoms with E-state index in [0.29, 0.717) is 0 Å². The second-order valence-corrected chi connectivity index (χ2v) is 3.66. The maximum atomic E-state index is 11.5. The minimum absolute atomic E-state index is 0.104. The molecule has 0 aliphatic carbocycles. The molecule has 0 saturated carbocycles. The summed E-state index contributed by atoms with van der Waals surface area (Å²) in [6, 6.07) is 6.16. The van der Waals surface area contributed by atoms with Gasteiger partial charge in [0.05, 0.1) is 5.56 Å². The van der Waals surface area contributed by atoms with Crippen LogP contribution in [0, 0.1) is 11.8 Å². The number of rotatable bonds is 1. The summed E-state index contributed by atoms with van der Waals surface area (Å²) in [7, 11) is 0. The summed E-state index contributed by atoms with van der Waals surface area (Å²) >= 11 is 0. The van der Waals surface area contributed by atoms with Crippen LogP contribution in [0.5, 0.6) is 5.75 Å². The first-order valence-electron chi connectivity index (χ1n) is 4.48. The number of phenols is 1. The van der Waals surface area contributed by atoms with Crippen molar-refractivity contribution in [2.24, 2.45) is 0 Å². The van der Waals surface area contributed by atoms with Gasteiger partial charge >= 0.3 is 0 Å². The number of benzene rings is 1. The highest BCUT2D eigenvalue weighted by Gasteiger charge is 2.10. The number of carbonyl (C=O) groups excluding carboxylic acids is 1. The van der Waals surface area contributed by atoms with Gasteiger partial charge in [-0.2, -0.15) is 0 Å². The van der Waals surface area contributed by atoms with E-state index in [-0.39, 0.29) is 11.3 Å². The van der Waals surface area contributed by atoms with Gasteiger partial charge in [-0.3, -0.25) is 4.79 Å². The molecule has 3 heteroatoms. The van der Waals surface area contributed by atoms with Gasteiger partial charge in [-0.15, -0.1) is 0 Å². The molecule has 15 heavy (non-hydrogen) atoms. The number of hydrogen-bond donors (Lipinski definition) is 2.